The Bertz CT molecular complexity index is 994. The van der Waals surface area contributed by atoms with Gasteiger partial charge in [0.1, 0.15) is 11.6 Å². The molecule has 150 valence electrons. The topological polar surface area (TPSA) is 55.8 Å². The van der Waals surface area contributed by atoms with Crippen LogP contribution in [0.2, 0.25) is 5.02 Å². The third-order valence-electron chi connectivity index (χ3n) is 3.79. The lowest BCUT2D eigenvalue weighted by Gasteiger charge is -2.14. The van der Waals surface area contributed by atoms with Crippen LogP contribution < -0.4 is 9.64 Å². The van der Waals surface area contributed by atoms with Gasteiger partial charge in [-0.2, -0.15) is 0 Å². The zero-order valence-electron chi connectivity index (χ0n) is 15.2. The van der Waals surface area contributed by atoms with E-state index < -0.39 is 11.8 Å². The third kappa shape index (κ3) is 5.14. The number of esters is 1. The number of hydrogen-bond acceptors (Lipinski definition) is 6. The van der Waals surface area contributed by atoms with Crippen molar-refractivity contribution in [1.82, 2.24) is 0 Å². The predicted octanol–water partition coefficient (Wildman–Crippen LogP) is 4.83. The highest BCUT2D eigenvalue weighted by Gasteiger charge is 2.33. The molecule has 0 radical (unpaired) electrons. The SMILES string of the molecule is CCOC(=O)COc1ccc(/C=C2\SC(=S)N(c3ccc(F)c(Cl)c3)C2=O)cc1. The molecule has 1 saturated heterocycles. The highest BCUT2D eigenvalue weighted by molar-refractivity contribution is 8.27. The number of amides is 1. The second kappa shape index (κ2) is 9.39. The Morgan fingerprint density at radius 3 is 2.66 bits per heavy atom. The molecule has 9 heteroatoms. The lowest BCUT2D eigenvalue weighted by molar-refractivity contribution is -0.145. The highest BCUT2D eigenvalue weighted by atomic mass is 35.5. The van der Waals surface area contributed by atoms with E-state index in [1.165, 1.54) is 23.1 Å². The summed E-state index contributed by atoms with van der Waals surface area (Å²) in [7, 11) is 0. The summed E-state index contributed by atoms with van der Waals surface area (Å²) >= 11 is 12.3. The quantitative estimate of drug-likeness (QED) is 0.356. The first kappa shape index (κ1) is 21.3. The fraction of sp³-hybridized carbons (Fsp3) is 0.150. The Kier molecular flexibility index (Phi) is 6.89. The van der Waals surface area contributed by atoms with E-state index >= 15 is 0 Å². The molecule has 0 unspecified atom stereocenters. The first-order valence-corrected chi connectivity index (χ1v) is 10.1. The summed E-state index contributed by atoms with van der Waals surface area (Å²) < 4.78 is 23.9. The molecule has 0 aromatic heterocycles. The van der Waals surface area contributed by atoms with E-state index in [1.54, 1.807) is 37.3 Å². The largest absolute Gasteiger partial charge is 0.482 e. The molecule has 1 fully saturated rings. The van der Waals surface area contributed by atoms with Gasteiger partial charge in [-0.25, -0.2) is 9.18 Å². The molecule has 1 aliphatic heterocycles. The second-order valence-electron chi connectivity index (χ2n) is 5.78. The van der Waals surface area contributed by atoms with Crippen LogP contribution in [0.3, 0.4) is 0 Å². The summed E-state index contributed by atoms with van der Waals surface area (Å²) in [6, 6.07) is 10.9. The first-order valence-electron chi connectivity index (χ1n) is 8.50. The van der Waals surface area contributed by atoms with Crippen molar-refractivity contribution in [2.75, 3.05) is 18.1 Å². The summed E-state index contributed by atoms with van der Waals surface area (Å²) in [5.41, 5.74) is 1.16. The van der Waals surface area contributed by atoms with E-state index in [-0.39, 0.29) is 17.5 Å². The summed E-state index contributed by atoms with van der Waals surface area (Å²) in [5.74, 6) is -0.822. The van der Waals surface area contributed by atoms with Gasteiger partial charge in [-0.05, 0) is 48.9 Å². The van der Waals surface area contributed by atoms with Crippen molar-refractivity contribution < 1.29 is 23.5 Å². The molecule has 0 atom stereocenters. The minimum Gasteiger partial charge on any atom is -0.482 e. The van der Waals surface area contributed by atoms with Crippen molar-refractivity contribution in [2.45, 2.75) is 6.92 Å². The molecular formula is C20H15ClFNO4S2. The van der Waals surface area contributed by atoms with Crippen LogP contribution in [-0.2, 0) is 14.3 Å². The molecule has 0 bridgehead atoms. The summed E-state index contributed by atoms with van der Waals surface area (Å²) in [6.07, 6.45) is 1.69. The molecule has 3 rings (SSSR count). The van der Waals surface area contributed by atoms with Crippen LogP contribution in [0.25, 0.3) is 6.08 Å². The second-order valence-corrected chi connectivity index (χ2v) is 7.86. The van der Waals surface area contributed by atoms with Crippen LogP contribution in [-0.4, -0.2) is 29.4 Å². The van der Waals surface area contributed by atoms with Gasteiger partial charge in [-0.1, -0.05) is 47.7 Å². The minimum absolute atomic E-state index is 0.0843. The lowest BCUT2D eigenvalue weighted by Crippen LogP contribution is -2.27. The van der Waals surface area contributed by atoms with E-state index in [9.17, 15) is 14.0 Å². The summed E-state index contributed by atoms with van der Waals surface area (Å²) in [6.45, 7) is 1.84. The fourth-order valence-corrected chi connectivity index (χ4v) is 3.94. The number of ether oxygens (including phenoxy) is 2. The van der Waals surface area contributed by atoms with E-state index in [0.29, 0.717) is 27.3 Å². The Labute approximate surface area is 181 Å². The van der Waals surface area contributed by atoms with Gasteiger partial charge in [-0.3, -0.25) is 9.69 Å². The van der Waals surface area contributed by atoms with Crippen LogP contribution >= 0.6 is 35.6 Å². The van der Waals surface area contributed by atoms with Crippen LogP contribution in [0.15, 0.2) is 47.4 Å². The van der Waals surface area contributed by atoms with Crippen molar-refractivity contribution in [3.63, 3.8) is 0 Å². The van der Waals surface area contributed by atoms with Gasteiger partial charge in [0, 0.05) is 0 Å². The van der Waals surface area contributed by atoms with E-state index in [1.807, 2.05) is 0 Å². The number of rotatable bonds is 6. The van der Waals surface area contributed by atoms with Crippen molar-refractivity contribution in [3.05, 3.63) is 63.8 Å². The molecule has 2 aromatic carbocycles. The maximum absolute atomic E-state index is 13.4. The van der Waals surface area contributed by atoms with E-state index in [2.05, 4.69) is 0 Å². The number of halogens is 2. The summed E-state index contributed by atoms with van der Waals surface area (Å²) in [5, 5.41) is -0.0843. The Morgan fingerprint density at radius 2 is 2.00 bits per heavy atom. The molecule has 2 aromatic rings. The Hall–Kier alpha value is -2.42. The molecule has 1 heterocycles. The molecule has 29 heavy (non-hydrogen) atoms. The van der Waals surface area contributed by atoms with Crippen LogP contribution in [0.1, 0.15) is 12.5 Å². The van der Waals surface area contributed by atoms with Crippen molar-refractivity contribution >= 4 is 63.5 Å². The molecule has 0 saturated carbocycles. The predicted molar refractivity (Wildman–Crippen MR) is 116 cm³/mol. The van der Waals surface area contributed by atoms with Gasteiger partial charge in [-0.15, -0.1) is 0 Å². The average molecular weight is 452 g/mol. The van der Waals surface area contributed by atoms with Crippen LogP contribution in [0, 0.1) is 5.82 Å². The van der Waals surface area contributed by atoms with Gasteiger partial charge < -0.3 is 9.47 Å². The molecule has 5 nitrogen and oxygen atoms in total. The maximum Gasteiger partial charge on any atom is 0.344 e. The van der Waals surface area contributed by atoms with Gasteiger partial charge in [0.05, 0.1) is 22.2 Å². The third-order valence-corrected chi connectivity index (χ3v) is 5.39. The number of carbonyl (C=O) groups is 2. The smallest absolute Gasteiger partial charge is 0.344 e. The van der Waals surface area contributed by atoms with Crippen molar-refractivity contribution in [3.8, 4) is 5.75 Å². The number of hydrogen-bond donors (Lipinski definition) is 0. The average Bonchev–Trinajstić information content (AvgIpc) is 2.97. The van der Waals surface area contributed by atoms with Gasteiger partial charge in [0.25, 0.3) is 5.91 Å². The highest BCUT2D eigenvalue weighted by Crippen LogP contribution is 2.37. The Balaban J connectivity index is 1.72. The molecular weight excluding hydrogens is 437 g/mol. The lowest BCUT2D eigenvalue weighted by atomic mass is 10.2. The van der Waals surface area contributed by atoms with Crippen molar-refractivity contribution in [1.29, 1.82) is 0 Å². The fourth-order valence-electron chi connectivity index (χ4n) is 2.47. The van der Waals surface area contributed by atoms with Gasteiger partial charge in [0.2, 0.25) is 0 Å². The molecule has 1 amide bonds. The standard InChI is InChI=1S/C20H15ClFNO4S2/c1-2-26-18(24)11-27-14-6-3-12(4-7-14)9-17-19(25)23(20(28)29-17)13-5-8-16(22)15(21)10-13/h3-10H,2,11H2,1H3/b17-9-. The normalized spacial score (nSPS) is 15.1. The maximum atomic E-state index is 13.4. The zero-order chi connectivity index (χ0) is 21.0. The minimum atomic E-state index is -0.568. The number of thioether (sulfide) groups is 1. The molecule has 1 aliphatic rings. The number of carbonyl (C=O) groups excluding carboxylic acids is 2. The van der Waals surface area contributed by atoms with Crippen LogP contribution in [0.5, 0.6) is 5.75 Å². The van der Waals surface area contributed by atoms with E-state index in [0.717, 1.165) is 17.3 Å². The van der Waals surface area contributed by atoms with Crippen LogP contribution in [0.4, 0.5) is 10.1 Å². The Morgan fingerprint density at radius 1 is 1.28 bits per heavy atom. The summed E-state index contributed by atoms with van der Waals surface area (Å²) in [4.78, 5) is 25.8. The van der Waals surface area contributed by atoms with Crippen molar-refractivity contribution in [2.24, 2.45) is 0 Å². The number of thiocarbonyl (C=S) groups is 1. The van der Waals surface area contributed by atoms with Gasteiger partial charge >= 0.3 is 5.97 Å². The number of benzene rings is 2. The molecule has 0 aliphatic carbocycles. The number of anilines is 1. The molecule has 0 N–H and O–H groups in total. The molecule has 0 spiro atoms. The van der Waals surface area contributed by atoms with E-state index in [4.69, 9.17) is 33.3 Å². The van der Waals surface area contributed by atoms with Gasteiger partial charge in [0.15, 0.2) is 10.9 Å². The number of nitrogens with zero attached hydrogens (tertiary/aromatic N) is 1. The first-order chi connectivity index (χ1) is 13.9. The zero-order valence-corrected chi connectivity index (χ0v) is 17.6. The monoisotopic (exact) mass is 451 g/mol.